The van der Waals surface area contributed by atoms with Crippen molar-refractivity contribution in [1.29, 1.82) is 5.41 Å². The average molecular weight is 235 g/mol. The van der Waals surface area contributed by atoms with E-state index in [4.69, 9.17) is 16.2 Å². The number of nitrogens with two attached hydrogens (primary N) is 1. The number of aliphatic hydroxyl groups excluding tert-OH is 1. The summed E-state index contributed by atoms with van der Waals surface area (Å²) in [5, 5.41) is 16.4. The van der Waals surface area contributed by atoms with E-state index in [-0.39, 0.29) is 18.5 Å². The fourth-order valence-corrected chi connectivity index (χ4v) is 1.85. The van der Waals surface area contributed by atoms with Crippen LogP contribution in [-0.4, -0.2) is 35.0 Å². The molecule has 1 atom stereocenters. The van der Waals surface area contributed by atoms with E-state index < -0.39 is 0 Å². The lowest BCUT2D eigenvalue weighted by atomic mass is 10.1. The topological polar surface area (TPSA) is 73.3 Å². The van der Waals surface area contributed by atoms with Gasteiger partial charge in [-0.25, -0.2) is 0 Å². The molecule has 0 bridgehead atoms. The predicted octanol–water partition coefficient (Wildman–Crippen LogP) is 1.20. The summed E-state index contributed by atoms with van der Waals surface area (Å²) in [6.07, 6.45) is 0.535. The summed E-state index contributed by atoms with van der Waals surface area (Å²) >= 11 is 0. The van der Waals surface area contributed by atoms with Gasteiger partial charge in [-0.2, -0.15) is 0 Å². The van der Waals surface area contributed by atoms with Crippen LogP contribution >= 0.6 is 0 Å². The number of rotatable bonds is 7. The van der Waals surface area contributed by atoms with Crippen molar-refractivity contribution in [3.8, 4) is 0 Å². The van der Waals surface area contributed by atoms with Gasteiger partial charge in [-0.15, -0.1) is 0 Å². The molecule has 17 heavy (non-hydrogen) atoms. The van der Waals surface area contributed by atoms with Gasteiger partial charge < -0.3 is 10.8 Å². The third kappa shape index (κ3) is 4.97. The molecule has 1 unspecified atom stereocenters. The quantitative estimate of drug-likeness (QED) is 0.491. The summed E-state index contributed by atoms with van der Waals surface area (Å²) in [5.74, 6) is 0.188. The molecule has 0 amide bonds. The van der Waals surface area contributed by atoms with E-state index in [1.807, 2.05) is 25.1 Å². The van der Waals surface area contributed by atoms with Gasteiger partial charge in [0.2, 0.25) is 0 Å². The second-order valence-electron chi connectivity index (χ2n) is 4.26. The second-order valence-corrected chi connectivity index (χ2v) is 4.26. The summed E-state index contributed by atoms with van der Waals surface area (Å²) < 4.78 is 0. The SMILES string of the molecule is CC(CC(=N)N)N(CCO)Cc1ccccc1. The van der Waals surface area contributed by atoms with Crippen LogP contribution in [0.5, 0.6) is 0 Å². The Kier molecular flexibility index (Phi) is 5.66. The predicted molar refractivity (Wildman–Crippen MR) is 69.9 cm³/mol. The first-order chi connectivity index (χ1) is 8.13. The van der Waals surface area contributed by atoms with Crippen molar-refractivity contribution < 1.29 is 5.11 Å². The molecule has 4 N–H and O–H groups in total. The molecule has 1 aromatic rings. The molecule has 94 valence electrons. The zero-order valence-electron chi connectivity index (χ0n) is 10.3. The van der Waals surface area contributed by atoms with E-state index in [1.165, 1.54) is 5.56 Å². The standard InChI is InChI=1S/C13H21N3O/c1-11(9-13(14)15)16(7-8-17)10-12-5-3-2-4-6-12/h2-6,11,17H,7-10H2,1H3,(H3,14,15). The van der Waals surface area contributed by atoms with Gasteiger partial charge in [0.1, 0.15) is 0 Å². The van der Waals surface area contributed by atoms with E-state index in [1.54, 1.807) is 0 Å². The van der Waals surface area contributed by atoms with Crippen molar-refractivity contribution in [1.82, 2.24) is 4.90 Å². The first-order valence-corrected chi connectivity index (χ1v) is 5.85. The zero-order chi connectivity index (χ0) is 12.7. The first kappa shape index (κ1) is 13.7. The van der Waals surface area contributed by atoms with Crippen LogP contribution in [0.1, 0.15) is 18.9 Å². The lowest BCUT2D eigenvalue weighted by Crippen LogP contribution is -2.37. The van der Waals surface area contributed by atoms with Crippen molar-refractivity contribution in [2.24, 2.45) is 5.73 Å². The molecule has 0 spiro atoms. The smallest absolute Gasteiger partial charge is 0.0920 e. The van der Waals surface area contributed by atoms with Crippen LogP contribution in [0, 0.1) is 5.41 Å². The fourth-order valence-electron chi connectivity index (χ4n) is 1.85. The molecule has 1 rings (SSSR count). The largest absolute Gasteiger partial charge is 0.395 e. The molecule has 0 saturated heterocycles. The van der Waals surface area contributed by atoms with Crippen molar-refractivity contribution in [3.63, 3.8) is 0 Å². The molecular weight excluding hydrogens is 214 g/mol. The van der Waals surface area contributed by atoms with Crippen LogP contribution in [0.2, 0.25) is 0 Å². The molecule has 0 radical (unpaired) electrons. The van der Waals surface area contributed by atoms with Gasteiger partial charge in [0.25, 0.3) is 0 Å². The zero-order valence-corrected chi connectivity index (χ0v) is 10.3. The van der Waals surface area contributed by atoms with Gasteiger partial charge in [0.05, 0.1) is 12.4 Å². The van der Waals surface area contributed by atoms with Gasteiger partial charge in [-0.3, -0.25) is 10.3 Å². The van der Waals surface area contributed by atoms with Gasteiger partial charge in [0.15, 0.2) is 0 Å². The van der Waals surface area contributed by atoms with Gasteiger partial charge in [-0.1, -0.05) is 30.3 Å². The van der Waals surface area contributed by atoms with E-state index in [2.05, 4.69) is 17.0 Å². The van der Waals surface area contributed by atoms with E-state index >= 15 is 0 Å². The Morgan fingerprint density at radius 3 is 2.59 bits per heavy atom. The third-order valence-corrected chi connectivity index (χ3v) is 2.75. The highest BCUT2D eigenvalue weighted by Gasteiger charge is 2.14. The molecule has 1 aromatic carbocycles. The van der Waals surface area contributed by atoms with Crippen LogP contribution in [0.15, 0.2) is 30.3 Å². The summed E-state index contributed by atoms with van der Waals surface area (Å²) in [7, 11) is 0. The normalized spacial score (nSPS) is 12.6. The molecule has 4 heteroatoms. The first-order valence-electron chi connectivity index (χ1n) is 5.85. The van der Waals surface area contributed by atoms with E-state index in [0.717, 1.165) is 6.54 Å². The number of benzene rings is 1. The van der Waals surface area contributed by atoms with E-state index in [0.29, 0.717) is 13.0 Å². The summed E-state index contributed by atoms with van der Waals surface area (Å²) in [6, 6.07) is 10.3. The highest BCUT2D eigenvalue weighted by molar-refractivity contribution is 5.77. The minimum Gasteiger partial charge on any atom is -0.395 e. The lowest BCUT2D eigenvalue weighted by molar-refractivity contribution is 0.153. The number of amidine groups is 1. The van der Waals surface area contributed by atoms with Crippen LogP contribution in [0.4, 0.5) is 0 Å². The third-order valence-electron chi connectivity index (χ3n) is 2.75. The molecule has 0 aliphatic heterocycles. The molecule has 0 aromatic heterocycles. The minimum absolute atomic E-state index is 0.120. The highest BCUT2D eigenvalue weighted by atomic mass is 16.3. The average Bonchev–Trinajstić information content (AvgIpc) is 2.29. The number of hydrogen-bond donors (Lipinski definition) is 3. The van der Waals surface area contributed by atoms with Crippen LogP contribution < -0.4 is 5.73 Å². The molecule has 0 aliphatic carbocycles. The van der Waals surface area contributed by atoms with Crippen LogP contribution in [-0.2, 0) is 6.54 Å². The van der Waals surface area contributed by atoms with Crippen molar-refractivity contribution in [3.05, 3.63) is 35.9 Å². The number of nitrogens with zero attached hydrogens (tertiary/aromatic N) is 1. The Morgan fingerprint density at radius 2 is 2.06 bits per heavy atom. The van der Waals surface area contributed by atoms with Crippen molar-refractivity contribution >= 4 is 5.84 Å². The Hall–Kier alpha value is -1.39. The van der Waals surface area contributed by atoms with Crippen LogP contribution in [0.25, 0.3) is 0 Å². The highest BCUT2D eigenvalue weighted by Crippen LogP contribution is 2.10. The number of aliphatic hydroxyl groups is 1. The Balaban J connectivity index is 2.62. The minimum atomic E-state index is 0.120. The van der Waals surface area contributed by atoms with Gasteiger partial charge in [-0.05, 0) is 12.5 Å². The Labute approximate surface area is 103 Å². The molecule has 4 nitrogen and oxygen atoms in total. The maximum absolute atomic E-state index is 9.07. The molecule has 0 aliphatic rings. The maximum atomic E-state index is 9.07. The molecule has 0 fully saturated rings. The second kappa shape index (κ2) is 7.04. The molecule has 0 saturated carbocycles. The van der Waals surface area contributed by atoms with Gasteiger partial charge >= 0.3 is 0 Å². The number of hydrogen-bond acceptors (Lipinski definition) is 3. The molecular formula is C13H21N3O. The van der Waals surface area contributed by atoms with Crippen molar-refractivity contribution in [2.45, 2.75) is 25.9 Å². The Bertz CT molecular complexity index is 340. The fraction of sp³-hybridized carbons (Fsp3) is 0.462. The summed E-state index contributed by atoms with van der Waals surface area (Å²) in [5.41, 5.74) is 6.62. The lowest BCUT2D eigenvalue weighted by Gasteiger charge is -2.28. The maximum Gasteiger partial charge on any atom is 0.0920 e. The van der Waals surface area contributed by atoms with Gasteiger partial charge in [0, 0.05) is 25.6 Å². The monoisotopic (exact) mass is 235 g/mol. The molecule has 0 heterocycles. The summed E-state index contributed by atoms with van der Waals surface area (Å²) in [4.78, 5) is 2.14. The Morgan fingerprint density at radius 1 is 1.41 bits per heavy atom. The number of nitrogens with one attached hydrogen (secondary N) is 1. The van der Waals surface area contributed by atoms with E-state index in [9.17, 15) is 0 Å². The van der Waals surface area contributed by atoms with Crippen molar-refractivity contribution in [2.75, 3.05) is 13.2 Å². The summed E-state index contributed by atoms with van der Waals surface area (Å²) in [6.45, 7) is 3.52. The van der Waals surface area contributed by atoms with Crippen LogP contribution in [0.3, 0.4) is 0 Å².